The summed E-state index contributed by atoms with van der Waals surface area (Å²) >= 11 is 5.60. The summed E-state index contributed by atoms with van der Waals surface area (Å²) in [5, 5.41) is -0.0226. The Labute approximate surface area is 128 Å². The number of carbonyl (C=O) groups excluding carboxylic acids is 2. The van der Waals surface area contributed by atoms with E-state index in [0.29, 0.717) is 5.56 Å². The highest BCUT2D eigenvalue weighted by molar-refractivity contribution is 6.30. The smallest absolute Gasteiger partial charge is 0.321 e. The maximum absolute atomic E-state index is 13.4. The van der Waals surface area contributed by atoms with Crippen molar-refractivity contribution in [3.05, 3.63) is 34.6 Å². The summed E-state index contributed by atoms with van der Waals surface area (Å²) in [7, 11) is 1.18. The van der Waals surface area contributed by atoms with E-state index >= 15 is 0 Å². The molecule has 0 amide bonds. The Bertz CT molecular complexity index is 537. The first-order valence-electron chi connectivity index (χ1n) is 6.38. The Morgan fingerprint density at radius 3 is 2.38 bits per heavy atom. The minimum Gasteiger partial charge on any atom is -0.468 e. The molecule has 1 aromatic carbocycles. The second kappa shape index (κ2) is 6.89. The first-order chi connectivity index (χ1) is 9.64. The van der Waals surface area contributed by atoms with Crippen molar-refractivity contribution in [2.75, 3.05) is 7.11 Å². The lowest BCUT2D eigenvalue weighted by Crippen LogP contribution is -2.34. The maximum Gasteiger partial charge on any atom is 0.321 e. The molecule has 6 heteroatoms. The number of hydrogen-bond acceptors (Lipinski definition) is 4. The summed E-state index contributed by atoms with van der Waals surface area (Å²) in [5.74, 6) is -3.18. The highest BCUT2D eigenvalue weighted by atomic mass is 35.5. The Morgan fingerprint density at radius 1 is 1.29 bits per heavy atom. The SMILES string of the molecule is COC(=O)C(Cc1ccc(Cl)c(F)c1)C(=O)OC(C)(C)C. The van der Waals surface area contributed by atoms with Gasteiger partial charge in [-0.3, -0.25) is 9.59 Å². The lowest BCUT2D eigenvalue weighted by Gasteiger charge is -2.23. The second-order valence-electron chi connectivity index (χ2n) is 5.56. The van der Waals surface area contributed by atoms with E-state index in [1.54, 1.807) is 26.8 Å². The molecule has 0 spiro atoms. The lowest BCUT2D eigenvalue weighted by atomic mass is 9.99. The van der Waals surface area contributed by atoms with Crippen LogP contribution in [0.5, 0.6) is 0 Å². The second-order valence-corrected chi connectivity index (χ2v) is 5.97. The van der Waals surface area contributed by atoms with Gasteiger partial charge in [0.25, 0.3) is 0 Å². The van der Waals surface area contributed by atoms with Gasteiger partial charge in [-0.1, -0.05) is 17.7 Å². The van der Waals surface area contributed by atoms with Crippen LogP contribution in [0.1, 0.15) is 26.3 Å². The van der Waals surface area contributed by atoms with Crippen molar-refractivity contribution in [1.82, 2.24) is 0 Å². The summed E-state index contributed by atoms with van der Waals surface area (Å²) in [6.45, 7) is 5.09. The Morgan fingerprint density at radius 2 is 1.90 bits per heavy atom. The molecule has 0 N–H and O–H groups in total. The molecule has 4 nitrogen and oxygen atoms in total. The van der Waals surface area contributed by atoms with E-state index in [2.05, 4.69) is 4.74 Å². The topological polar surface area (TPSA) is 52.6 Å². The number of rotatable bonds is 4. The fraction of sp³-hybridized carbons (Fsp3) is 0.467. The van der Waals surface area contributed by atoms with Crippen molar-refractivity contribution in [3.8, 4) is 0 Å². The van der Waals surface area contributed by atoms with Crippen LogP contribution in [-0.4, -0.2) is 24.6 Å². The summed E-state index contributed by atoms with van der Waals surface area (Å²) in [5.41, 5.74) is -0.271. The van der Waals surface area contributed by atoms with E-state index in [9.17, 15) is 14.0 Å². The summed E-state index contributed by atoms with van der Waals surface area (Å²) in [6.07, 6.45) is -0.0182. The summed E-state index contributed by atoms with van der Waals surface area (Å²) < 4.78 is 23.2. The molecule has 0 radical (unpaired) electrons. The third-order valence-electron chi connectivity index (χ3n) is 2.60. The van der Waals surface area contributed by atoms with Crippen LogP contribution in [0.4, 0.5) is 4.39 Å². The monoisotopic (exact) mass is 316 g/mol. The van der Waals surface area contributed by atoms with Crippen molar-refractivity contribution in [2.24, 2.45) is 5.92 Å². The number of halogens is 2. The van der Waals surface area contributed by atoms with Crippen LogP contribution < -0.4 is 0 Å². The van der Waals surface area contributed by atoms with Crippen molar-refractivity contribution >= 4 is 23.5 Å². The molecule has 0 aromatic heterocycles. The molecule has 0 aliphatic carbocycles. The number of esters is 2. The summed E-state index contributed by atoms with van der Waals surface area (Å²) in [4.78, 5) is 23.8. The predicted molar refractivity (Wildman–Crippen MR) is 76.5 cm³/mol. The third-order valence-corrected chi connectivity index (χ3v) is 2.91. The third kappa shape index (κ3) is 5.34. The molecular formula is C15H18ClFO4. The number of carbonyl (C=O) groups is 2. The molecule has 1 atom stereocenters. The quantitative estimate of drug-likeness (QED) is 0.632. The fourth-order valence-electron chi connectivity index (χ4n) is 1.68. The Balaban J connectivity index is 2.95. The van der Waals surface area contributed by atoms with Crippen LogP contribution in [0.3, 0.4) is 0 Å². The number of hydrogen-bond donors (Lipinski definition) is 0. The van der Waals surface area contributed by atoms with Gasteiger partial charge in [0.1, 0.15) is 11.4 Å². The van der Waals surface area contributed by atoms with Crippen LogP contribution in [-0.2, 0) is 25.5 Å². The van der Waals surface area contributed by atoms with Crippen LogP contribution in [0.2, 0.25) is 5.02 Å². The number of methoxy groups -OCH3 is 1. The number of benzene rings is 1. The predicted octanol–water partition coefficient (Wildman–Crippen LogP) is 3.15. The first-order valence-corrected chi connectivity index (χ1v) is 6.76. The van der Waals surface area contributed by atoms with Gasteiger partial charge in [-0.15, -0.1) is 0 Å². The van der Waals surface area contributed by atoms with Gasteiger partial charge in [-0.2, -0.15) is 0 Å². The molecule has 0 bridgehead atoms. The van der Waals surface area contributed by atoms with E-state index in [-0.39, 0.29) is 11.4 Å². The van der Waals surface area contributed by atoms with Crippen LogP contribution in [0.25, 0.3) is 0 Å². The van der Waals surface area contributed by atoms with E-state index in [4.69, 9.17) is 16.3 Å². The van der Waals surface area contributed by atoms with Gasteiger partial charge in [0.2, 0.25) is 0 Å². The average Bonchev–Trinajstić information content (AvgIpc) is 2.37. The van der Waals surface area contributed by atoms with Crippen molar-refractivity contribution in [1.29, 1.82) is 0 Å². The molecule has 116 valence electrons. The normalized spacial score (nSPS) is 12.7. The summed E-state index contributed by atoms with van der Waals surface area (Å²) in [6, 6.07) is 4.10. The average molecular weight is 317 g/mol. The minimum absolute atomic E-state index is 0.0182. The molecule has 0 aliphatic heterocycles. The molecule has 0 saturated carbocycles. The molecule has 0 heterocycles. The molecule has 0 aliphatic rings. The molecule has 21 heavy (non-hydrogen) atoms. The molecule has 0 fully saturated rings. The van der Waals surface area contributed by atoms with E-state index in [1.165, 1.54) is 19.2 Å². The largest absolute Gasteiger partial charge is 0.468 e. The Kier molecular flexibility index (Phi) is 5.72. The van der Waals surface area contributed by atoms with Crippen LogP contribution >= 0.6 is 11.6 Å². The van der Waals surface area contributed by atoms with Crippen LogP contribution in [0.15, 0.2) is 18.2 Å². The van der Waals surface area contributed by atoms with Gasteiger partial charge >= 0.3 is 11.9 Å². The van der Waals surface area contributed by atoms with Gasteiger partial charge in [-0.05, 0) is 44.9 Å². The standard InChI is InChI=1S/C15H18ClFO4/c1-15(2,3)21-14(19)10(13(18)20-4)7-9-5-6-11(16)12(17)8-9/h5-6,8,10H,7H2,1-4H3. The van der Waals surface area contributed by atoms with Gasteiger partial charge in [0, 0.05) is 0 Å². The maximum atomic E-state index is 13.4. The van der Waals surface area contributed by atoms with Crippen LogP contribution in [0, 0.1) is 11.7 Å². The van der Waals surface area contributed by atoms with E-state index < -0.39 is 29.3 Å². The van der Waals surface area contributed by atoms with Gasteiger partial charge in [0.05, 0.1) is 12.1 Å². The minimum atomic E-state index is -1.14. The van der Waals surface area contributed by atoms with E-state index in [0.717, 1.165) is 0 Å². The Hall–Kier alpha value is -1.62. The van der Waals surface area contributed by atoms with Crippen molar-refractivity contribution in [2.45, 2.75) is 32.8 Å². The molecule has 1 unspecified atom stereocenters. The lowest BCUT2D eigenvalue weighted by molar-refractivity contribution is -0.168. The zero-order valence-corrected chi connectivity index (χ0v) is 13.2. The molecular weight excluding hydrogens is 299 g/mol. The first kappa shape index (κ1) is 17.4. The van der Waals surface area contributed by atoms with Crippen molar-refractivity contribution < 1.29 is 23.5 Å². The highest BCUT2D eigenvalue weighted by Gasteiger charge is 2.32. The van der Waals surface area contributed by atoms with Gasteiger partial charge in [0.15, 0.2) is 5.92 Å². The number of ether oxygens (including phenoxy) is 2. The molecule has 0 saturated heterocycles. The van der Waals surface area contributed by atoms with Crippen molar-refractivity contribution in [3.63, 3.8) is 0 Å². The van der Waals surface area contributed by atoms with Gasteiger partial charge in [-0.25, -0.2) is 4.39 Å². The zero-order chi connectivity index (χ0) is 16.2. The van der Waals surface area contributed by atoms with E-state index in [1.807, 2.05) is 0 Å². The highest BCUT2D eigenvalue weighted by Crippen LogP contribution is 2.20. The zero-order valence-electron chi connectivity index (χ0n) is 12.4. The molecule has 1 aromatic rings. The fourth-order valence-corrected chi connectivity index (χ4v) is 1.80. The van der Waals surface area contributed by atoms with Gasteiger partial charge < -0.3 is 9.47 Å². The molecule has 1 rings (SSSR count).